The molecule has 0 heterocycles. The lowest BCUT2D eigenvalue weighted by molar-refractivity contribution is -0.161. The number of hydrogen-bond donors (Lipinski definition) is 3. The van der Waals surface area contributed by atoms with Gasteiger partial charge < -0.3 is 33.8 Å². The van der Waals surface area contributed by atoms with Crippen LogP contribution in [0.4, 0.5) is 0 Å². The molecule has 3 unspecified atom stereocenters. The van der Waals surface area contributed by atoms with Gasteiger partial charge in [-0.1, -0.05) is 376 Å². The van der Waals surface area contributed by atoms with Crippen LogP contribution in [0.5, 0.6) is 0 Å². The van der Waals surface area contributed by atoms with Gasteiger partial charge in [0.1, 0.15) is 19.3 Å². The number of phosphoric ester groups is 2. The Bertz CT molecular complexity index is 1990. The minimum Gasteiger partial charge on any atom is -0.462 e. The molecule has 0 fully saturated rings. The Kier molecular flexibility index (Phi) is 70.6. The fourth-order valence-electron chi connectivity index (χ4n) is 12.8. The normalized spacial score (nSPS) is 14.3. The molecule has 0 aliphatic carbocycles. The van der Waals surface area contributed by atoms with Crippen molar-refractivity contribution in [1.82, 2.24) is 0 Å². The predicted octanol–water partition coefficient (Wildman–Crippen LogP) is 24.8. The van der Waals surface area contributed by atoms with Crippen molar-refractivity contribution in [2.75, 3.05) is 39.6 Å². The largest absolute Gasteiger partial charge is 0.472 e. The molecule has 6 atom stereocenters. The molecule has 0 radical (unpaired) electrons. The third-order valence-electron chi connectivity index (χ3n) is 19.7. The number of hydrogen-bond acceptors (Lipinski definition) is 15. The number of unbranched alkanes of at least 4 members (excludes halogenated alkanes) is 45. The fourth-order valence-corrected chi connectivity index (χ4v) is 14.3. The van der Waals surface area contributed by atoms with Crippen LogP contribution in [0.25, 0.3) is 0 Å². The van der Waals surface area contributed by atoms with Crippen molar-refractivity contribution >= 4 is 39.5 Å². The number of carbonyl (C=O) groups excluding carboxylic acids is 4. The van der Waals surface area contributed by atoms with Gasteiger partial charge in [0.2, 0.25) is 0 Å². The van der Waals surface area contributed by atoms with E-state index >= 15 is 0 Å². The minimum atomic E-state index is -4.96. The second kappa shape index (κ2) is 72.0. The van der Waals surface area contributed by atoms with Crippen LogP contribution in [0.2, 0.25) is 0 Å². The number of rotatable bonds is 80. The van der Waals surface area contributed by atoms with Gasteiger partial charge in [-0.2, -0.15) is 0 Å². The van der Waals surface area contributed by atoms with E-state index < -0.39 is 97.5 Å². The topological polar surface area (TPSA) is 237 Å². The number of ether oxygens (including phenoxy) is 4. The molecule has 0 aromatic rings. The number of esters is 4. The first-order chi connectivity index (χ1) is 49.1. The molecule has 0 aliphatic heterocycles. The van der Waals surface area contributed by atoms with E-state index in [9.17, 15) is 43.2 Å². The Morgan fingerprint density at radius 2 is 0.471 bits per heavy atom. The second-order valence-electron chi connectivity index (χ2n) is 31.5. The summed E-state index contributed by atoms with van der Waals surface area (Å²) in [6.45, 7) is 14.3. The zero-order valence-corrected chi connectivity index (χ0v) is 69.0. The Balaban J connectivity index is 5.27. The van der Waals surface area contributed by atoms with Crippen molar-refractivity contribution in [2.24, 2.45) is 23.7 Å². The summed E-state index contributed by atoms with van der Waals surface area (Å²) in [5.74, 6) is 1.04. The third kappa shape index (κ3) is 74.9. The molecule has 0 saturated carbocycles. The van der Waals surface area contributed by atoms with Crippen LogP contribution in [-0.4, -0.2) is 96.7 Å². The average Bonchev–Trinajstić information content (AvgIpc) is 0.951. The van der Waals surface area contributed by atoms with Gasteiger partial charge >= 0.3 is 39.5 Å². The highest BCUT2D eigenvalue weighted by Crippen LogP contribution is 2.45. The smallest absolute Gasteiger partial charge is 0.462 e. The molecule has 0 amide bonds. The lowest BCUT2D eigenvalue weighted by Gasteiger charge is -2.21. The minimum absolute atomic E-state index is 0.106. The van der Waals surface area contributed by atoms with E-state index in [2.05, 4.69) is 55.4 Å². The van der Waals surface area contributed by atoms with Gasteiger partial charge in [0.05, 0.1) is 26.4 Å². The maximum atomic E-state index is 13.1. The van der Waals surface area contributed by atoms with E-state index in [0.717, 1.165) is 114 Å². The fraction of sp³-hybridized carbons (Fsp3) is 0.952. The van der Waals surface area contributed by atoms with Crippen LogP contribution in [0.3, 0.4) is 0 Å². The molecule has 606 valence electrons. The summed E-state index contributed by atoms with van der Waals surface area (Å²) in [6.07, 6.45) is 59.5. The summed E-state index contributed by atoms with van der Waals surface area (Å²) in [5.41, 5.74) is 0. The van der Waals surface area contributed by atoms with E-state index in [-0.39, 0.29) is 25.7 Å². The van der Waals surface area contributed by atoms with Crippen LogP contribution in [0, 0.1) is 23.7 Å². The van der Waals surface area contributed by atoms with Gasteiger partial charge in [0, 0.05) is 25.7 Å². The van der Waals surface area contributed by atoms with E-state index in [1.54, 1.807) is 0 Å². The molecule has 0 aliphatic rings. The first kappa shape index (κ1) is 100. The van der Waals surface area contributed by atoms with Gasteiger partial charge in [-0.15, -0.1) is 0 Å². The van der Waals surface area contributed by atoms with Crippen molar-refractivity contribution in [3.8, 4) is 0 Å². The maximum Gasteiger partial charge on any atom is 0.472 e. The third-order valence-corrected chi connectivity index (χ3v) is 21.6. The summed E-state index contributed by atoms with van der Waals surface area (Å²) in [7, 11) is -9.93. The van der Waals surface area contributed by atoms with E-state index in [1.807, 2.05) is 0 Å². The van der Waals surface area contributed by atoms with E-state index in [4.69, 9.17) is 37.0 Å². The molecular formula is C83H162O17P2. The molecule has 0 aromatic heterocycles. The number of phosphoric acid groups is 2. The van der Waals surface area contributed by atoms with E-state index in [0.29, 0.717) is 25.7 Å². The molecule has 102 heavy (non-hydrogen) atoms. The van der Waals surface area contributed by atoms with Crippen molar-refractivity contribution in [3.63, 3.8) is 0 Å². The Hall–Kier alpha value is -1.94. The standard InChI is InChI=1S/C83H162O17P2/c1-9-76(8)62-54-46-38-30-24-25-33-42-50-58-66-83(88)100-79(70-94-81(86)64-56-48-40-34-26-29-37-45-53-61-75(6)7)72-98-102(91,92)96-68-77(84)67-95-101(89,90)97-71-78(99-82(87)65-57-49-41-32-23-19-15-11-13-17-21-28-36-44-52-60-74(4)5)69-93-80(85)63-55-47-39-31-22-18-14-10-12-16-20-27-35-43-51-59-73(2)3/h73-79,84H,9-72H2,1-8H3,(H,89,90)(H,91,92)/t76?,77-,78-,79-/m1/s1. The predicted molar refractivity (Wildman–Crippen MR) is 418 cm³/mol. The van der Waals surface area contributed by atoms with Gasteiger partial charge in [0.25, 0.3) is 0 Å². The second-order valence-corrected chi connectivity index (χ2v) is 34.4. The van der Waals surface area contributed by atoms with Crippen molar-refractivity contribution in [3.05, 3.63) is 0 Å². The summed E-state index contributed by atoms with van der Waals surface area (Å²) in [5, 5.41) is 10.7. The molecule has 0 aromatic carbocycles. The number of aliphatic hydroxyl groups is 1. The van der Waals surface area contributed by atoms with Crippen LogP contribution in [0.1, 0.15) is 428 Å². The monoisotopic (exact) mass is 1490 g/mol. The van der Waals surface area contributed by atoms with Crippen molar-refractivity contribution in [1.29, 1.82) is 0 Å². The van der Waals surface area contributed by atoms with Gasteiger partial charge in [-0.3, -0.25) is 37.3 Å². The lowest BCUT2D eigenvalue weighted by atomic mass is 9.99. The Labute approximate surface area is 626 Å². The lowest BCUT2D eigenvalue weighted by Crippen LogP contribution is -2.30. The maximum absolute atomic E-state index is 13.1. The first-order valence-electron chi connectivity index (χ1n) is 42.7. The summed E-state index contributed by atoms with van der Waals surface area (Å²) < 4.78 is 68.8. The van der Waals surface area contributed by atoms with Crippen molar-refractivity contribution in [2.45, 2.75) is 446 Å². The van der Waals surface area contributed by atoms with Crippen molar-refractivity contribution < 1.29 is 80.2 Å². The molecule has 0 rings (SSSR count). The average molecular weight is 1490 g/mol. The zero-order chi connectivity index (χ0) is 75.3. The number of aliphatic hydroxyl groups excluding tert-OH is 1. The molecule has 17 nitrogen and oxygen atoms in total. The summed E-state index contributed by atoms with van der Waals surface area (Å²) in [4.78, 5) is 73.1. The number of carbonyl (C=O) groups is 4. The molecule has 0 spiro atoms. The zero-order valence-electron chi connectivity index (χ0n) is 67.2. The summed E-state index contributed by atoms with van der Waals surface area (Å²) in [6, 6.07) is 0. The van der Waals surface area contributed by atoms with Gasteiger partial charge in [-0.25, -0.2) is 9.13 Å². The highest BCUT2D eigenvalue weighted by molar-refractivity contribution is 7.47. The quantitative estimate of drug-likeness (QED) is 0.0222. The van der Waals surface area contributed by atoms with Gasteiger partial charge in [-0.05, 0) is 49.4 Å². The van der Waals surface area contributed by atoms with Crippen LogP contribution >= 0.6 is 15.6 Å². The molecule has 19 heteroatoms. The van der Waals surface area contributed by atoms with Crippen LogP contribution in [0.15, 0.2) is 0 Å². The van der Waals surface area contributed by atoms with E-state index in [1.165, 1.54) is 231 Å². The molecule has 0 bridgehead atoms. The molecule has 3 N–H and O–H groups in total. The van der Waals surface area contributed by atoms with Crippen LogP contribution < -0.4 is 0 Å². The molecule has 0 saturated heterocycles. The Morgan fingerprint density at radius 3 is 0.696 bits per heavy atom. The SMILES string of the molecule is CCC(C)CCCCCCCCCCCCC(=O)O[C@H](COC(=O)CCCCCCCCCCCC(C)C)COP(=O)(O)OC[C@H](O)COP(=O)(O)OC[C@@H](COC(=O)CCCCCCCCCCCCCCCCCC(C)C)OC(=O)CCCCCCCCCCCCCCCCCC(C)C. The summed E-state index contributed by atoms with van der Waals surface area (Å²) >= 11 is 0. The highest BCUT2D eigenvalue weighted by Gasteiger charge is 2.30. The van der Waals surface area contributed by atoms with Crippen LogP contribution in [-0.2, 0) is 65.4 Å². The Morgan fingerprint density at radius 1 is 0.275 bits per heavy atom. The first-order valence-corrected chi connectivity index (χ1v) is 45.7. The highest BCUT2D eigenvalue weighted by atomic mass is 31.2. The van der Waals surface area contributed by atoms with Gasteiger partial charge in [0.15, 0.2) is 12.2 Å². The molecular weight excluding hydrogens is 1330 g/mol.